The van der Waals surface area contributed by atoms with Crippen LogP contribution in [0.25, 0.3) is 77.2 Å². The van der Waals surface area contributed by atoms with Crippen LogP contribution < -0.4 is 4.90 Å². The van der Waals surface area contributed by atoms with E-state index in [0.717, 1.165) is 17.1 Å². The predicted molar refractivity (Wildman–Crippen MR) is 243 cm³/mol. The molecule has 0 bridgehead atoms. The van der Waals surface area contributed by atoms with Gasteiger partial charge in [-0.05, 0) is 114 Å². The van der Waals surface area contributed by atoms with E-state index in [-0.39, 0.29) is 0 Å². The quantitative estimate of drug-likeness (QED) is 0.141. The molecule has 57 heavy (non-hydrogen) atoms. The third kappa shape index (κ3) is 6.56. The van der Waals surface area contributed by atoms with Crippen molar-refractivity contribution in [1.82, 2.24) is 0 Å². The number of nitrogens with zero attached hydrogens (tertiary/aromatic N) is 1. The van der Waals surface area contributed by atoms with Crippen LogP contribution in [0, 0.1) is 0 Å². The van der Waals surface area contributed by atoms with E-state index in [2.05, 4.69) is 241 Å². The fourth-order valence-electron chi connectivity index (χ4n) is 8.30. The monoisotopic (exact) mass is 725 g/mol. The predicted octanol–water partition coefficient (Wildman–Crippen LogP) is 15.8. The van der Waals surface area contributed by atoms with Gasteiger partial charge in [0.25, 0.3) is 0 Å². The van der Waals surface area contributed by atoms with E-state index in [4.69, 9.17) is 0 Å². The standard InChI is InChI=1S/C56H39N/c1-5-15-40(16-6-1)42-25-27-43(28-26-42)45-31-35-49(36-32-45)57(48-33-29-44(30-34-48)41-17-7-2-8-18-41)50-37-38-53-54(39-50)51-23-13-14-24-52(51)55(46-19-9-3-10-20-46)56(53)47-21-11-4-12-22-47/h1-39H. The third-order valence-electron chi connectivity index (χ3n) is 11.1. The maximum Gasteiger partial charge on any atom is 0.0468 e. The summed E-state index contributed by atoms with van der Waals surface area (Å²) in [4.78, 5) is 2.39. The van der Waals surface area contributed by atoms with Gasteiger partial charge >= 0.3 is 0 Å². The molecule has 0 unspecified atom stereocenters. The number of hydrogen-bond acceptors (Lipinski definition) is 1. The molecule has 10 rings (SSSR count). The SMILES string of the molecule is c1ccc(-c2ccc(-c3ccc(N(c4ccc(-c5ccccc5)cc4)c4ccc5c(-c6ccccc6)c(-c6ccccc6)c6ccccc6c5c4)cc3)cc2)cc1. The van der Waals surface area contributed by atoms with E-state index >= 15 is 0 Å². The molecule has 0 radical (unpaired) electrons. The van der Waals surface area contributed by atoms with Crippen LogP contribution in [-0.2, 0) is 0 Å². The lowest BCUT2D eigenvalue weighted by atomic mass is 9.85. The smallest absolute Gasteiger partial charge is 0.0468 e. The van der Waals surface area contributed by atoms with Crippen molar-refractivity contribution in [1.29, 1.82) is 0 Å². The second kappa shape index (κ2) is 15.0. The van der Waals surface area contributed by atoms with Gasteiger partial charge in [0.05, 0.1) is 0 Å². The molecule has 10 aromatic carbocycles. The first-order valence-corrected chi connectivity index (χ1v) is 19.6. The Morgan fingerprint density at radius 3 is 0.912 bits per heavy atom. The van der Waals surface area contributed by atoms with Gasteiger partial charge in [0.15, 0.2) is 0 Å². The van der Waals surface area contributed by atoms with Crippen molar-refractivity contribution in [3.8, 4) is 55.6 Å². The second-order valence-corrected chi connectivity index (χ2v) is 14.5. The van der Waals surface area contributed by atoms with Crippen molar-refractivity contribution in [2.45, 2.75) is 0 Å². The zero-order valence-corrected chi connectivity index (χ0v) is 31.5. The fourth-order valence-corrected chi connectivity index (χ4v) is 8.30. The lowest BCUT2D eigenvalue weighted by Gasteiger charge is -2.27. The van der Waals surface area contributed by atoms with Gasteiger partial charge in [-0.3, -0.25) is 0 Å². The van der Waals surface area contributed by atoms with Crippen LogP contribution >= 0.6 is 0 Å². The fraction of sp³-hybridized carbons (Fsp3) is 0. The van der Waals surface area contributed by atoms with Gasteiger partial charge in [-0.15, -0.1) is 0 Å². The Labute approximate surface area is 334 Å². The van der Waals surface area contributed by atoms with Crippen molar-refractivity contribution in [3.63, 3.8) is 0 Å². The average Bonchev–Trinajstić information content (AvgIpc) is 3.30. The number of benzene rings is 10. The molecular weight excluding hydrogens is 687 g/mol. The summed E-state index contributed by atoms with van der Waals surface area (Å²) >= 11 is 0. The van der Waals surface area contributed by atoms with Crippen molar-refractivity contribution in [3.05, 3.63) is 237 Å². The molecule has 0 spiro atoms. The minimum atomic E-state index is 1.10. The molecule has 268 valence electrons. The molecule has 1 heteroatoms. The van der Waals surface area contributed by atoms with Crippen LogP contribution in [0.2, 0.25) is 0 Å². The molecule has 0 fully saturated rings. The first kappa shape index (κ1) is 34.0. The summed E-state index contributed by atoms with van der Waals surface area (Å²) in [5.41, 5.74) is 15.5. The second-order valence-electron chi connectivity index (χ2n) is 14.5. The van der Waals surface area contributed by atoms with Gasteiger partial charge in [0.1, 0.15) is 0 Å². The lowest BCUT2D eigenvalue weighted by molar-refractivity contribution is 1.29. The number of anilines is 3. The molecule has 0 aliphatic carbocycles. The Balaban J connectivity index is 1.13. The van der Waals surface area contributed by atoms with E-state index in [1.807, 2.05) is 0 Å². The Kier molecular flexibility index (Phi) is 8.95. The Morgan fingerprint density at radius 1 is 0.193 bits per heavy atom. The summed E-state index contributed by atoms with van der Waals surface area (Å²) in [6.07, 6.45) is 0. The van der Waals surface area contributed by atoms with Gasteiger partial charge in [-0.2, -0.15) is 0 Å². The molecule has 0 aliphatic rings. The Morgan fingerprint density at radius 2 is 0.491 bits per heavy atom. The van der Waals surface area contributed by atoms with Crippen molar-refractivity contribution < 1.29 is 0 Å². The molecule has 10 aromatic rings. The molecule has 0 N–H and O–H groups in total. The van der Waals surface area contributed by atoms with E-state index in [1.165, 1.54) is 77.2 Å². The van der Waals surface area contributed by atoms with E-state index in [0.29, 0.717) is 0 Å². The molecular formula is C56H39N. The summed E-state index contributed by atoms with van der Waals surface area (Å²) in [5, 5.41) is 4.94. The van der Waals surface area contributed by atoms with Crippen LogP contribution in [0.3, 0.4) is 0 Å². The molecule has 1 nitrogen and oxygen atoms in total. The highest BCUT2D eigenvalue weighted by molar-refractivity contribution is 6.22. The Hall–Kier alpha value is -7.48. The van der Waals surface area contributed by atoms with Crippen LogP contribution in [-0.4, -0.2) is 0 Å². The minimum Gasteiger partial charge on any atom is -0.310 e. The molecule has 0 aromatic heterocycles. The lowest BCUT2D eigenvalue weighted by Crippen LogP contribution is -2.10. The Bertz CT molecular complexity index is 2940. The zero-order valence-electron chi connectivity index (χ0n) is 31.5. The number of hydrogen-bond donors (Lipinski definition) is 0. The van der Waals surface area contributed by atoms with Crippen LogP contribution in [0.1, 0.15) is 0 Å². The van der Waals surface area contributed by atoms with Gasteiger partial charge in [0, 0.05) is 17.1 Å². The highest BCUT2D eigenvalue weighted by Gasteiger charge is 2.20. The van der Waals surface area contributed by atoms with E-state index in [9.17, 15) is 0 Å². The molecule has 0 aliphatic heterocycles. The van der Waals surface area contributed by atoms with Crippen LogP contribution in [0.15, 0.2) is 237 Å². The zero-order chi connectivity index (χ0) is 38.0. The van der Waals surface area contributed by atoms with E-state index < -0.39 is 0 Å². The largest absolute Gasteiger partial charge is 0.310 e. The normalized spacial score (nSPS) is 11.2. The van der Waals surface area contributed by atoms with Crippen LogP contribution in [0.5, 0.6) is 0 Å². The minimum absolute atomic E-state index is 1.10. The highest BCUT2D eigenvalue weighted by atomic mass is 15.1. The highest BCUT2D eigenvalue weighted by Crippen LogP contribution is 2.47. The van der Waals surface area contributed by atoms with Crippen molar-refractivity contribution in [2.24, 2.45) is 0 Å². The molecule has 0 amide bonds. The maximum absolute atomic E-state index is 2.39. The summed E-state index contributed by atoms with van der Waals surface area (Å²) in [5.74, 6) is 0. The molecule has 0 atom stereocenters. The average molecular weight is 726 g/mol. The molecule has 0 saturated carbocycles. The molecule has 0 saturated heterocycles. The summed E-state index contributed by atoms with van der Waals surface area (Å²) in [7, 11) is 0. The first-order chi connectivity index (χ1) is 28.3. The summed E-state index contributed by atoms with van der Waals surface area (Å²) < 4.78 is 0. The van der Waals surface area contributed by atoms with Crippen molar-refractivity contribution in [2.75, 3.05) is 4.90 Å². The topological polar surface area (TPSA) is 3.24 Å². The van der Waals surface area contributed by atoms with Gasteiger partial charge in [-0.25, -0.2) is 0 Å². The maximum atomic E-state index is 2.39. The first-order valence-electron chi connectivity index (χ1n) is 19.6. The molecule has 0 heterocycles. The summed E-state index contributed by atoms with van der Waals surface area (Å²) in [6.45, 7) is 0. The van der Waals surface area contributed by atoms with Crippen molar-refractivity contribution >= 4 is 38.6 Å². The van der Waals surface area contributed by atoms with Gasteiger partial charge < -0.3 is 4.90 Å². The number of fused-ring (bicyclic) bond motifs is 3. The van der Waals surface area contributed by atoms with Crippen LogP contribution in [0.4, 0.5) is 17.1 Å². The summed E-state index contributed by atoms with van der Waals surface area (Å²) in [6, 6.07) is 85.5. The third-order valence-corrected chi connectivity index (χ3v) is 11.1. The van der Waals surface area contributed by atoms with E-state index in [1.54, 1.807) is 0 Å². The van der Waals surface area contributed by atoms with Gasteiger partial charge in [0.2, 0.25) is 0 Å². The number of rotatable bonds is 8. The van der Waals surface area contributed by atoms with Gasteiger partial charge in [-0.1, -0.05) is 200 Å².